The Morgan fingerprint density at radius 1 is 0.897 bits per heavy atom. The minimum atomic E-state index is -0.353. The zero-order valence-electron chi connectivity index (χ0n) is 16.1. The summed E-state index contributed by atoms with van der Waals surface area (Å²) in [6, 6.07) is 21.3. The summed E-state index contributed by atoms with van der Waals surface area (Å²) in [7, 11) is 1.54. The predicted octanol–water partition coefficient (Wildman–Crippen LogP) is 5.23. The third kappa shape index (κ3) is 3.62. The molecule has 0 radical (unpaired) electrons. The van der Waals surface area contributed by atoms with Crippen molar-refractivity contribution in [3.8, 4) is 5.75 Å². The van der Waals surface area contributed by atoms with E-state index in [1.165, 1.54) is 0 Å². The first-order valence-corrected chi connectivity index (χ1v) is 9.15. The fraction of sp³-hybridized carbons (Fsp3) is 0.0833. The van der Waals surface area contributed by atoms with Gasteiger partial charge < -0.3 is 14.5 Å². The van der Waals surface area contributed by atoms with E-state index in [0.717, 1.165) is 5.56 Å². The van der Waals surface area contributed by atoms with E-state index in [0.29, 0.717) is 33.5 Å². The summed E-state index contributed by atoms with van der Waals surface area (Å²) in [4.78, 5) is 26.0. The lowest BCUT2D eigenvalue weighted by Gasteiger charge is -2.07. The van der Waals surface area contributed by atoms with Gasteiger partial charge in [-0.3, -0.25) is 9.59 Å². The van der Waals surface area contributed by atoms with Gasteiger partial charge in [-0.1, -0.05) is 48.0 Å². The first-order valence-electron chi connectivity index (χ1n) is 9.15. The SMILES string of the molecule is COc1cccc(C(=O)Nc2c(C(=O)c3ccc(C)cc3)oc3ccccc23)c1. The smallest absolute Gasteiger partial charge is 0.255 e. The van der Waals surface area contributed by atoms with Gasteiger partial charge in [0.1, 0.15) is 11.3 Å². The van der Waals surface area contributed by atoms with Gasteiger partial charge in [0.25, 0.3) is 5.91 Å². The second kappa shape index (κ2) is 7.64. The number of amides is 1. The van der Waals surface area contributed by atoms with Crippen LogP contribution in [0.2, 0.25) is 0 Å². The van der Waals surface area contributed by atoms with Crippen LogP contribution in [0.3, 0.4) is 0 Å². The Bertz CT molecular complexity index is 1210. The maximum Gasteiger partial charge on any atom is 0.255 e. The fourth-order valence-electron chi connectivity index (χ4n) is 3.12. The highest BCUT2D eigenvalue weighted by Gasteiger charge is 2.23. The predicted molar refractivity (Wildman–Crippen MR) is 112 cm³/mol. The number of nitrogens with one attached hydrogen (secondary N) is 1. The van der Waals surface area contributed by atoms with E-state index in [1.54, 1.807) is 49.6 Å². The molecule has 0 saturated heterocycles. The van der Waals surface area contributed by atoms with Gasteiger partial charge in [0.15, 0.2) is 5.76 Å². The van der Waals surface area contributed by atoms with Crippen LogP contribution in [0.5, 0.6) is 5.75 Å². The van der Waals surface area contributed by atoms with E-state index in [-0.39, 0.29) is 17.5 Å². The Morgan fingerprint density at radius 3 is 2.41 bits per heavy atom. The second-order valence-corrected chi connectivity index (χ2v) is 6.68. The van der Waals surface area contributed by atoms with Gasteiger partial charge in [-0.15, -0.1) is 0 Å². The summed E-state index contributed by atoms with van der Waals surface area (Å²) in [5.74, 6) is 0.0347. The molecule has 144 valence electrons. The van der Waals surface area contributed by atoms with Crippen LogP contribution in [0.4, 0.5) is 5.69 Å². The standard InChI is InChI=1S/C24H19NO4/c1-15-10-12-16(13-11-15)22(26)23-21(19-8-3-4-9-20(19)29-23)25-24(27)17-6-5-7-18(14-17)28-2/h3-14H,1-2H3,(H,25,27). The molecule has 1 amide bonds. The monoisotopic (exact) mass is 385 g/mol. The minimum absolute atomic E-state index is 0.103. The van der Waals surface area contributed by atoms with Gasteiger partial charge in [0, 0.05) is 16.5 Å². The van der Waals surface area contributed by atoms with Crippen molar-refractivity contribution >= 4 is 28.3 Å². The van der Waals surface area contributed by atoms with Crippen LogP contribution in [0.15, 0.2) is 77.2 Å². The number of anilines is 1. The van der Waals surface area contributed by atoms with Crippen LogP contribution in [0.1, 0.15) is 32.0 Å². The number of carbonyl (C=O) groups is 2. The van der Waals surface area contributed by atoms with Gasteiger partial charge in [-0.05, 0) is 37.3 Å². The van der Waals surface area contributed by atoms with E-state index in [9.17, 15) is 9.59 Å². The van der Waals surface area contributed by atoms with Crippen LogP contribution in [0.25, 0.3) is 11.0 Å². The average Bonchev–Trinajstić information content (AvgIpc) is 3.12. The zero-order chi connectivity index (χ0) is 20.4. The molecule has 0 aliphatic carbocycles. The molecular weight excluding hydrogens is 366 g/mol. The molecule has 5 nitrogen and oxygen atoms in total. The normalized spacial score (nSPS) is 10.7. The Balaban J connectivity index is 1.76. The van der Waals surface area contributed by atoms with Gasteiger partial charge in [-0.2, -0.15) is 0 Å². The van der Waals surface area contributed by atoms with Gasteiger partial charge >= 0.3 is 0 Å². The molecule has 0 saturated carbocycles. The molecule has 0 bridgehead atoms. The topological polar surface area (TPSA) is 68.5 Å². The average molecular weight is 385 g/mol. The van der Waals surface area contributed by atoms with E-state index in [2.05, 4.69) is 5.32 Å². The van der Waals surface area contributed by atoms with E-state index in [1.807, 2.05) is 37.3 Å². The molecule has 0 fully saturated rings. The van der Waals surface area contributed by atoms with Gasteiger partial charge in [-0.25, -0.2) is 0 Å². The first-order chi connectivity index (χ1) is 14.1. The second-order valence-electron chi connectivity index (χ2n) is 6.68. The number of furan rings is 1. The molecule has 0 atom stereocenters. The summed E-state index contributed by atoms with van der Waals surface area (Å²) in [6.07, 6.45) is 0. The number of ketones is 1. The summed E-state index contributed by atoms with van der Waals surface area (Å²) in [6.45, 7) is 1.95. The van der Waals surface area contributed by atoms with Crippen molar-refractivity contribution in [3.05, 3.63) is 95.2 Å². The zero-order valence-corrected chi connectivity index (χ0v) is 16.1. The van der Waals surface area contributed by atoms with Crippen molar-refractivity contribution in [3.63, 3.8) is 0 Å². The third-order valence-electron chi connectivity index (χ3n) is 4.69. The summed E-state index contributed by atoms with van der Waals surface area (Å²) in [5.41, 5.74) is 2.86. The van der Waals surface area contributed by atoms with Crippen molar-refractivity contribution in [2.24, 2.45) is 0 Å². The largest absolute Gasteiger partial charge is 0.497 e. The molecule has 29 heavy (non-hydrogen) atoms. The maximum absolute atomic E-state index is 13.1. The van der Waals surface area contributed by atoms with Gasteiger partial charge in [0.05, 0.1) is 12.8 Å². The van der Waals surface area contributed by atoms with Crippen molar-refractivity contribution in [1.82, 2.24) is 0 Å². The van der Waals surface area contributed by atoms with Crippen molar-refractivity contribution in [1.29, 1.82) is 0 Å². The highest BCUT2D eigenvalue weighted by Crippen LogP contribution is 2.33. The lowest BCUT2D eigenvalue weighted by Crippen LogP contribution is -2.14. The van der Waals surface area contributed by atoms with E-state index < -0.39 is 0 Å². The van der Waals surface area contributed by atoms with E-state index >= 15 is 0 Å². The number of aryl methyl sites for hydroxylation is 1. The molecule has 0 spiro atoms. The lowest BCUT2D eigenvalue weighted by molar-refractivity contribution is 0.101. The quantitative estimate of drug-likeness (QED) is 0.478. The Hall–Kier alpha value is -3.86. The highest BCUT2D eigenvalue weighted by molar-refractivity contribution is 6.18. The molecule has 5 heteroatoms. The number of hydrogen-bond acceptors (Lipinski definition) is 4. The molecule has 3 aromatic carbocycles. The maximum atomic E-state index is 13.1. The van der Waals surface area contributed by atoms with Crippen molar-refractivity contribution in [2.75, 3.05) is 12.4 Å². The summed E-state index contributed by atoms with van der Waals surface area (Å²) < 4.78 is 11.0. The number of carbonyl (C=O) groups excluding carboxylic acids is 2. The number of benzene rings is 3. The molecule has 1 N–H and O–H groups in total. The molecule has 1 heterocycles. The molecule has 1 aromatic heterocycles. The number of methoxy groups -OCH3 is 1. The van der Waals surface area contributed by atoms with Crippen molar-refractivity contribution < 1.29 is 18.7 Å². The number of hydrogen-bond donors (Lipinski definition) is 1. The lowest BCUT2D eigenvalue weighted by atomic mass is 10.1. The molecule has 0 aliphatic heterocycles. The number of ether oxygens (including phenoxy) is 1. The minimum Gasteiger partial charge on any atom is -0.497 e. The number of para-hydroxylation sites is 1. The van der Waals surface area contributed by atoms with Gasteiger partial charge in [0.2, 0.25) is 5.78 Å². The van der Waals surface area contributed by atoms with E-state index in [4.69, 9.17) is 9.15 Å². The number of fused-ring (bicyclic) bond motifs is 1. The summed E-state index contributed by atoms with van der Waals surface area (Å²) in [5, 5.41) is 3.52. The Morgan fingerprint density at radius 2 is 1.66 bits per heavy atom. The molecular formula is C24H19NO4. The molecule has 4 rings (SSSR count). The van der Waals surface area contributed by atoms with Crippen LogP contribution in [-0.2, 0) is 0 Å². The van der Waals surface area contributed by atoms with Crippen molar-refractivity contribution in [2.45, 2.75) is 6.92 Å². The van der Waals surface area contributed by atoms with Crippen LogP contribution < -0.4 is 10.1 Å². The highest BCUT2D eigenvalue weighted by atomic mass is 16.5. The Kier molecular flexibility index (Phi) is 4.87. The summed E-state index contributed by atoms with van der Waals surface area (Å²) >= 11 is 0. The van der Waals surface area contributed by atoms with Crippen LogP contribution in [-0.4, -0.2) is 18.8 Å². The Labute approximate surface area is 167 Å². The fourth-order valence-corrected chi connectivity index (χ4v) is 3.12. The molecule has 4 aromatic rings. The van der Waals surface area contributed by atoms with Crippen LogP contribution in [0, 0.1) is 6.92 Å². The van der Waals surface area contributed by atoms with Crippen LogP contribution >= 0.6 is 0 Å². The first kappa shape index (κ1) is 18.5. The number of rotatable bonds is 5. The molecule has 0 unspecified atom stereocenters. The molecule has 0 aliphatic rings. The third-order valence-corrected chi connectivity index (χ3v) is 4.69.